The maximum atomic E-state index is 13.9. The lowest BCUT2D eigenvalue weighted by Crippen LogP contribution is -2.30. The number of methoxy groups -OCH3 is 1. The summed E-state index contributed by atoms with van der Waals surface area (Å²) < 4.78 is 46.6. The minimum Gasteiger partial charge on any atom is -0.468 e. The number of aryl methyl sites for hydroxylation is 1. The Morgan fingerprint density at radius 3 is 2.38 bits per heavy atom. The van der Waals surface area contributed by atoms with Gasteiger partial charge in [-0.2, -0.15) is 18.7 Å². The van der Waals surface area contributed by atoms with Crippen molar-refractivity contribution in [2.45, 2.75) is 39.1 Å². The van der Waals surface area contributed by atoms with E-state index in [-0.39, 0.29) is 17.9 Å². The summed E-state index contributed by atoms with van der Waals surface area (Å²) in [5.41, 5.74) is 5.27. The quantitative estimate of drug-likeness (QED) is 0.207. The van der Waals surface area contributed by atoms with Crippen molar-refractivity contribution < 1.29 is 32.4 Å². The highest BCUT2D eigenvalue weighted by Crippen LogP contribution is 2.34. The van der Waals surface area contributed by atoms with Gasteiger partial charge in [0.1, 0.15) is 6.61 Å². The molecule has 0 aromatic heterocycles. The van der Waals surface area contributed by atoms with Crippen LogP contribution in [0.15, 0.2) is 71.9 Å². The van der Waals surface area contributed by atoms with Gasteiger partial charge in [-0.05, 0) is 48.6 Å². The van der Waals surface area contributed by atoms with E-state index in [9.17, 15) is 18.0 Å². The fourth-order valence-corrected chi connectivity index (χ4v) is 3.99. The number of esters is 1. The lowest BCUT2D eigenvalue weighted by molar-refractivity contribution is -0.147. The Bertz CT molecular complexity index is 1240. The molecule has 9 heteroatoms. The third-order valence-electron chi connectivity index (χ3n) is 5.87. The molecule has 3 aromatic rings. The average Bonchev–Trinajstić information content (AvgIpc) is 2.88. The first-order valence-corrected chi connectivity index (χ1v) is 11.5. The maximum absolute atomic E-state index is 13.9. The lowest BCUT2D eigenvalue weighted by atomic mass is 9.97. The molecule has 3 rings (SSSR count). The molecule has 1 unspecified atom stereocenters. The second kappa shape index (κ2) is 12.5. The predicted molar refractivity (Wildman–Crippen MR) is 134 cm³/mol. The van der Waals surface area contributed by atoms with E-state index >= 15 is 0 Å². The molecule has 0 heterocycles. The number of nitrogens with zero attached hydrogens (tertiary/aromatic N) is 1. The van der Waals surface area contributed by atoms with E-state index in [1.807, 2.05) is 43.3 Å². The Hall–Kier alpha value is -3.69. The number of benzene rings is 3. The maximum Gasteiger partial charge on any atom is 0.417 e. The number of halogens is 3. The molecule has 0 aliphatic carbocycles. The Morgan fingerprint density at radius 1 is 1.00 bits per heavy atom. The van der Waals surface area contributed by atoms with Crippen LogP contribution in [0.2, 0.25) is 0 Å². The van der Waals surface area contributed by atoms with Gasteiger partial charge in [0.25, 0.3) is 0 Å². The van der Waals surface area contributed by atoms with E-state index in [0.717, 1.165) is 17.2 Å². The summed E-state index contributed by atoms with van der Waals surface area (Å²) in [6, 6.07) is 17.9. The molecule has 0 saturated carbocycles. The molecule has 0 amide bonds. The van der Waals surface area contributed by atoms with Crippen LogP contribution in [0.3, 0.4) is 0 Å². The first-order chi connectivity index (χ1) is 17.7. The molecule has 0 spiro atoms. The molecule has 37 heavy (non-hydrogen) atoms. The highest BCUT2D eigenvalue weighted by atomic mass is 19.4. The number of hydroxylamine groups is 1. The third kappa shape index (κ3) is 7.18. The van der Waals surface area contributed by atoms with Crippen molar-refractivity contribution in [3.63, 3.8) is 0 Å². The number of carbonyl (C=O) groups is 1. The van der Waals surface area contributed by atoms with Crippen molar-refractivity contribution in [3.05, 3.63) is 106 Å². The van der Waals surface area contributed by atoms with Gasteiger partial charge >= 0.3 is 12.1 Å². The van der Waals surface area contributed by atoms with Crippen LogP contribution >= 0.6 is 0 Å². The SMILES string of the molecule is CONC(C(=O)OC)c1cccc(C)c1CO/N=C(\C)c1ccc(Cc2ccccc2)cc1C(F)(F)F. The largest absolute Gasteiger partial charge is 0.468 e. The van der Waals surface area contributed by atoms with Crippen molar-refractivity contribution in [1.82, 2.24) is 5.48 Å². The zero-order chi connectivity index (χ0) is 27.0. The highest BCUT2D eigenvalue weighted by molar-refractivity contribution is 5.99. The normalized spacial score (nSPS) is 12.8. The van der Waals surface area contributed by atoms with Crippen molar-refractivity contribution >= 4 is 11.7 Å². The minimum atomic E-state index is -4.57. The van der Waals surface area contributed by atoms with E-state index in [1.54, 1.807) is 18.2 Å². The second-order valence-corrected chi connectivity index (χ2v) is 8.41. The van der Waals surface area contributed by atoms with Crippen LogP contribution < -0.4 is 5.48 Å². The van der Waals surface area contributed by atoms with Crippen LogP contribution in [-0.2, 0) is 38.4 Å². The van der Waals surface area contributed by atoms with Gasteiger partial charge in [-0.25, -0.2) is 4.79 Å². The van der Waals surface area contributed by atoms with E-state index in [1.165, 1.54) is 27.2 Å². The smallest absolute Gasteiger partial charge is 0.417 e. The van der Waals surface area contributed by atoms with Crippen LogP contribution in [0, 0.1) is 6.92 Å². The standard InChI is InChI=1S/C28H29F3N2O4/c1-18-9-8-12-23(26(33-36-4)27(34)35-3)24(18)17-37-32-19(2)22-14-13-21(16-25(22)28(29,30)31)15-20-10-6-5-7-11-20/h5-14,16,26,33H,15,17H2,1-4H3/b32-19+. The Labute approximate surface area is 214 Å². The fourth-order valence-electron chi connectivity index (χ4n) is 3.99. The van der Waals surface area contributed by atoms with E-state index in [4.69, 9.17) is 14.4 Å². The highest BCUT2D eigenvalue weighted by Gasteiger charge is 2.34. The third-order valence-corrected chi connectivity index (χ3v) is 5.87. The van der Waals surface area contributed by atoms with Crippen molar-refractivity contribution in [3.8, 4) is 0 Å². The summed E-state index contributed by atoms with van der Waals surface area (Å²) in [5, 5.41) is 3.98. The average molecular weight is 515 g/mol. The number of alkyl halides is 3. The number of rotatable bonds is 10. The van der Waals surface area contributed by atoms with Crippen LogP contribution in [0.4, 0.5) is 13.2 Å². The van der Waals surface area contributed by atoms with Gasteiger partial charge in [0, 0.05) is 11.1 Å². The fraction of sp³-hybridized carbons (Fsp3) is 0.286. The van der Waals surface area contributed by atoms with Crippen LogP contribution in [0.5, 0.6) is 0 Å². The molecule has 0 bridgehead atoms. The molecule has 0 radical (unpaired) electrons. The number of ether oxygens (including phenoxy) is 1. The van der Waals surface area contributed by atoms with E-state index < -0.39 is 23.8 Å². The van der Waals surface area contributed by atoms with E-state index in [0.29, 0.717) is 23.1 Å². The minimum absolute atomic E-state index is 0.0668. The van der Waals surface area contributed by atoms with Gasteiger partial charge < -0.3 is 14.4 Å². The Morgan fingerprint density at radius 2 is 1.73 bits per heavy atom. The Kier molecular flexibility index (Phi) is 9.43. The van der Waals surface area contributed by atoms with E-state index in [2.05, 4.69) is 10.6 Å². The van der Waals surface area contributed by atoms with Gasteiger partial charge in [0.05, 0.1) is 25.5 Å². The first kappa shape index (κ1) is 27.9. The molecule has 3 aromatic carbocycles. The molecule has 0 saturated heterocycles. The van der Waals surface area contributed by atoms with Gasteiger partial charge in [0.15, 0.2) is 6.04 Å². The van der Waals surface area contributed by atoms with Gasteiger partial charge in [-0.1, -0.05) is 65.8 Å². The van der Waals surface area contributed by atoms with Crippen LogP contribution in [0.25, 0.3) is 0 Å². The zero-order valence-electron chi connectivity index (χ0n) is 21.1. The molecule has 0 aliphatic rings. The number of nitrogens with one attached hydrogen (secondary N) is 1. The van der Waals surface area contributed by atoms with Crippen LogP contribution in [-0.4, -0.2) is 25.9 Å². The summed E-state index contributed by atoms with van der Waals surface area (Å²) in [6.45, 7) is 3.21. The zero-order valence-corrected chi connectivity index (χ0v) is 21.1. The van der Waals surface area contributed by atoms with Gasteiger partial charge in [0.2, 0.25) is 0 Å². The summed E-state index contributed by atoms with van der Waals surface area (Å²) in [4.78, 5) is 22.7. The first-order valence-electron chi connectivity index (χ1n) is 11.5. The van der Waals surface area contributed by atoms with Gasteiger partial charge in [-0.3, -0.25) is 0 Å². The summed E-state index contributed by atoms with van der Waals surface area (Å²) in [7, 11) is 2.63. The van der Waals surface area contributed by atoms with Crippen molar-refractivity contribution in [2.24, 2.45) is 5.16 Å². The molecule has 196 valence electrons. The summed E-state index contributed by atoms with van der Waals surface area (Å²) in [6.07, 6.45) is -4.19. The molecule has 0 aliphatic heterocycles. The van der Waals surface area contributed by atoms with Crippen molar-refractivity contribution in [1.29, 1.82) is 0 Å². The molecular formula is C28H29F3N2O4. The number of hydrogen-bond acceptors (Lipinski definition) is 6. The topological polar surface area (TPSA) is 69.2 Å². The molecule has 1 atom stereocenters. The predicted octanol–water partition coefficient (Wildman–Crippen LogP) is 5.91. The molecule has 6 nitrogen and oxygen atoms in total. The van der Waals surface area contributed by atoms with Crippen molar-refractivity contribution in [2.75, 3.05) is 14.2 Å². The summed E-state index contributed by atoms with van der Waals surface area (Å²) in [5.74, 6) is -0.571. The molecular weight excluding hydrogens is 485 g/mol. The van der Waals surface area contributed by atoms with Gasteiger partial charge in [-0.15, -0.1) is 0 Å². The van der Waals surface area contributed by atoms with Crippen LogP contribution in [0.1, 0.15) is 51.9 Å². The number of hydrogen-bond donors (Lipinski definition) is 1. The number of carbonyl (C=O) groups excluding carboxylic acids is 1. The monoisotopic (exact) mass is 514 g/mol. The second-order valence-electron chi connectivity index (χ2n) is 8.41. The molecule has 0 fully saturated rings. The lowest BCUT2D eigenvalue weighted by Gasteiger charge is -2.20. The Balaban J connectivity index is 1.86. The molecule has 1 N–H and O–H groups in total. The number of oxime groups is 1. The summed E-state index contributed by atoms with van der Waals surface area (Å²) >= 11 is 0.